The van der Waals surface area contributed by atoms with Gasteiger partial charge in [-0.25, -0.2) is 4.79 Å². The molecular weight excluding hydrogens is 334 g/mol. The molecule has 0 bridgehead atoms. The maximum Gasteiger partial charge on any atom is 0.326 e. The molecule has 136 valence electrons. The van der Waals surface area contributed by atoms with E-state index in [-0.39, 0.29) is 18.2 Å². The zero-order valence-electron chi connectivity index (χ0n) is 14.4. The molecule has 2 aromatic rings. The molecule has 1 amide bonds. The zero-order chi connectivity index (χ0) is 18.1. The Bertz CT molecular complexity index is 804. The highest BCUT2D eigenvalue weighted by atomic mass is 16.4. The van der Waals surface area contributed by atoms with Crippen LogP contribution in [0.2, 0.25) is 0 Å². The van der Waals surface area contributed by atoms with Crippen LogP contribution < -0.4 is 0 Å². The van der Waals surface area contributed by atoms with Crippen LogP contribution in [0.3, 0.4) is 0 Å². The normalized spacial score (nSPS) is 24.6. The van der Waals surface area contributed by atoms with Crippen LogP contribution >= 0.6 is 0 Å². The molecule has 7 heteroatoms. The Kier molecular flexibility index (Phi) is 4.44. The van der Waals surface area contributed by atoms with Crippen molar-refractivity contribution in [1.29, 1.82) is 0 Å². The monoisotopic (exact) mass is 355 g/mol. The Labute approximate surface area is 151 Å². The minimum absolute atomic E-state index is 0.101. The number of carbonyl (C=O) groups excluding carboxylic acids is 1. The third-order valence-corrected chi connectivity index (χ3v) is 5.50. The first-order valence-electron chi connectivity index (χ1n) is 9.03. The molecule has 4 rings (SSSR count). The molecule has 26 heavy (non-hydrogen) atoms. The molecule has 3 unspecified atom stereocenters. The SMILES string of the molecule is O=C(O)C1C2CCCC2CN1C(=O)CCc1nnc(-c2ccccc2)o1. The number of hydrogen-bond donors (Lipinski definition) is 1. The second kappa shape index (κ2) is 6.90. The Morgan fingerprint density at radius 2 is 2.00 bits per heavy atom. The molecule has 1 saturated heterocycles. The number of fused-ring (bicyclic) bond motifs is 1. The van der Waals surface area contributed by atoms with Gasteiger partial charge in [0.2, 0.25) is 17.7 Å². The number of rotatable bonds is 5. The van der Waals surface area contributed by atoms with Crippen molar-refractivity contribution < 1.29 is 19.1 Å². The second-order valence-corrected chi connectivity index (χ2v) is 7.05. The number of carboxylic acid groups (broad SMARTS) is 1. The number of aryl methyl sites for hydroxylation is 1. The van der Waals surface area contributed by atoms with Crippen LogP contribution in [0.5, 0.6) is 0 Å². The molecule has 1 aromatic carbocycles. The number of aromatic nitrogens is 2. The van der Waals surface area contributed by atoms with E-state index in [0.717, 1.165) is 24.8 Å². The average molecular weight is 355 g/mol. The van der Waals surface area contributed by atoms with Crippen LogP contribution in [0.15, 0.2) is 34.7 Å². The lowest BCUT2D eigenvalue weighted by Crippen LogP contribution is -2.43. The van der Waals surface area contributed by atoms with Gasteiger partial charge in [-0.2, -0.15) is 0 Å². The summed E-state index contributed by atoms with van der Waals surface area (Å²) in [5, 5.41) is 17.6. The van der Waals surface area contributed by atoms with Crippen molar-refractivity contribution in [3.8, 4) is 11.5 Å². The Morgan fingerprint density at radius 1 is 1.19 bits per heavy atom. The van der Waals surface area contributed by atoms with Gasteiger partial charge in [-0.3, -0.25) is 4.79 Å². The quantitative estimate of drug-likeness (QED) is 0.884. The van der Waals surface area contributed by atoms with E-state index in [4.69, 9.17) is 4.42 Å². The lowest BCUT2D eigenvalue weighted by atomic mass is 9.94. The summed E-state index contributed by atoms with van der Waals surface area (Å²) in [5.41, 5.74) is 0.830. The van der Waals surface area contributed by atoms with Gasteiger partial charge in [-0.05, 0) is 36.8 Å². The van der Waals surface area contributed by atoms with Gasteiger partial charge in [0.1, 0.15) is 6.04 Å². The van der Waals surface area contributed by atoms with E-state index in [1.54, 1.807) is 4.90 Å². The molecule has 1 aliphatic carbocycles. The van der Waals surface area contributed by atoms with Crippen molar-refractivity contribution in [2.24, 2.45) is 11.8 Å². The van der Waals surface area contributed by atoms with Crippen molar-refractivity contribution in [3.05, 3.63) is 36.2 Å². The van der Waals surface area contributed by atoms with Gasteiger partial charge in [0, 0.05) is 24.9 Å². The minimum atomic E-state index is -0.892. The summed E-state index contributed by atoms with van der Waals surface area (Å²) in [5.74, 6) is 0.205. The predicted octanol–water partition coefficient (Wildman–Crippen LogP) is 2.38. The first-order valence-corrected chi connectivity index (χ1v) is 9.03. The third kappa shape index (κ3) is 3.09. The van der Waals surface area contributed by atoms with Crippen molar-refractivity contribution in [2.45, 2.75) is 38.1 Å². The molecule has 7 nitrogen and oxygen atoms in total. The summed E-state index contributed by atoms with van der Waals surface area (Å²) in [7, 11) is 0. The summed E-state index contributed by atoms with van der Waals surface area (Å²) in [6, 6.07) is 8.76. The predicted molar refractivity (Wildman–Crippen MR) is 92.0 cm³/mol. The van der Waals surface area contributed by atoms with Gasteiger partial charge in [0.15, 0.2) is 0 Å². The van der Waals surface area contributed by atoms with E-state index in [1.807, 2.05) is 30.3 Å². The highest BCUT2D eigenvalue weighted by Gasteiger charge is 2.49. The molecule has 1 aliphatic heterocycles. The fourth-order valence-corrected chi connectivity index (χ4v) is 4.29. The lowest BCUT2D eigenvalue weighted by molar-refractivity contribution is -0.149. The standard InChI is InChI=1S/C19H21N3O4/c23-16(22-11-13-7-4-8-14(13)17(22)19(24)25)10-9-15-20-21-18(26-15)12-5-2-1-3-6-12/h1-3,5-6,13-14,17H,4,7-11H2,(H,24,25). The number of hydrogen-bond acceptors (Lipinski definition) is 5. The van der Waals surface area contributed by atoms with Gasteiger partial charge in [-0.1, -0.05) is 24.6 Å². The van der Waals surface area contributed by atoms with Crippen molar-refractivity contribution >= 4 is 11.9 Å². The molecule has 1 saturated carbocycles. The van der Waals surface area contributed by atoms with Gasteiger partial charge in [-0.15, -0.1) is 10.2 Å². The summed E-state index contributed by atoms with van der Waals surface area (Å²) in [4.78, 5) is 25.8. The fourth-order valence-electron chi connectivity index (χ4n) is 4.29. The maximum atomic E-state index is 12.6. The van der Waals surface area contributed by atoms with E-state index in [1.165, 1.54) is 0 Å². The van der Waals surface area contributed by atoms with Gasteiger partial charge in [0.05, 0.1) is 0 Å². The molecule has 2 heterocycles. The van der Waals surface area contributed by atoms with Gasteiger partial charge < -0.3 is 14.4 Å². The van der Waals surface area contributed by atoms with Gasteiger partial charge >= 0.3 is 5.97 Å². The average Bonchev–Trinajstić information content (AvgIpc) is 3.35. The Hall–Kier alpha value is -2.70. The molecule has 1 aromatic heterocycles. The summed E-state index contributed by atoms with van der Waals surface area (Å²) in [6.45, 7) is 0.555. The van der Waals surface area contributed by atoms with Crippen molar-refractivity contribution in [2.75, 3.05) is 6.54 Å². The van der Waals surface area contributed by atoms with Crippen LogP contribution in [0, 0.1) is 11.8 Å². The molecule has 0 spiro atoms. The minimum Gasteiger partial charge on any atom is -0.480 e. The van der Waals surface area contributed by atoms with Crippen molar-refractivity contribution in [1.82, 2.24) is 15.1 Å². The third-order valence-electron chi connectivity index (χ3n) is 5.50. The van der Waals surface area contributed by atoms with Crippen LogP contribution in [-0.4, -0.2) is 44.7 Å². The number of amides is 1. The van der Waals surface area contributed by atoms with Crippen LogP contribution in [0.4, 0.5) is 0 Å². The number of carboxylic acids is 1. The lowest BCUT2D eigenvalue weighted by Gasteiger charge is -2.24. The topological polar surface area (TPSA) is 96.5 Å². The maximum absolute atomic E-state index is 12.6. The van der Waals surface area contributed by atoms with E-state index >= 15 is 0 Å². The number of aliphatic carboxylic acids is 1. The number of nitrogens with zero attached hydrogens (tertiary/aromatic N) is 3. The van der Waals surface area contributed by atoms with Crippen LogP contribution in [0.1, 0.15) is 31.6 Å². The largest absolute Gasteiger partial charge is 0.480 e. The zero-order valence-corrected chi connectivity index (χ0v) is 14.4. The Balaban J connectivity index is 1.40. The smallest absolute Gasteiger partial charge is 0.326 e. The molecular formula is C19H21N3O4. The van der Waals surface area contributed by atoms with E-state index in [2.05, 4.69) is 10.2 Å². The van der Waals surface area contributed by atoms with Gasteiger partial charge in [0.25, 0.3) is 0 Å². The van der Waals surface area contributed by atoms with Crippen molar-refractivity contribution in [3.63, 3.8) is 0 Å². The first-order chi connectivity index (χ1) is 12.6. The molecule has 0 radical (unpaired) electrons. The second-order valence-electron chi connectivity index (χ2n) is 7.05. The van der Waals surface area contributed by atoms with E-state index < -0.39 is 12.0 Å². The molecule has 1 N–H and O–H groups in total. The fraction of sp³-hybridized carbons (Fsp3) is 0.474. The first kappa shape index (κ1) is 16.8. The summed E-state index contributed by atoms with van der Waals surface area (Å²) in [6.07, 6.45) is 3.47. The summed E-state index contributed by atoms with van der Waals surface area (Å²) >= 11 is 0. The molecule has 2 fully saturated rings. The Morgan fingerprint density at radius 3 is 2.77 bits per heavy atom. The van der Waals surface area contributed by atoms with Crippen LogP contribution in [-0.2, 0) is 16.0 Å². The highest BCUT2D eigenvalue weighted by Crippen LogP contribution is 2.42. The molecule has 3 atom stereocenters. The van der Waals surface area contributed by atoms with Crippen LogP contribution in [0.25, 0.3) is 11.5 Å². The highest BCUT2D eigenvalue weighted by molar-refractivity contribution is 5.84. The summed E-state index contributed by atoms with van der Waals surface area (Å²) < 4.78 is 5.62. The number of likely N-dealkylation sites (tertiary alicyclic amines) is 1. The van der Waals surface area contributed by atoms with E-state index in [9.17, 15) is 14.7 Å². The number of carbonyl (C=O) groups is 2. The molecule has 2 aliphatic rings. The van der Waals surface area contributed by atoms with E-state index in [0.29, 0.717) is 30.7 Å². The number of benzene rings is 1.